The second-order valence-electron chi connectivity index (χ2n) is 16.5. The Morgan fingerprint density at radius 3 is 0.915 bits per heavy atom. The summed E-state index contributed by atoms with van der Waals surface area (Å²) in [7, 11) is 0. The van der Waals surface area contributed by atoms with Crippen LogP contribution in [0.1, 0.15) is 247 Å². The number of hydrogen-bond donors (Lipinski definition) is 0. The topological polar surface area (TPSA) is 64.6 Å². The van der Waals surface area contributed by atoms with Crippen molar-refractivity contribution in [3.05, 3.63) is 24.3 Å². The lowest BCUT2D eigenvalue weighted by Gasteiger charge is -2.22. The molecule has 0 aliphatic carbocycles. The highest BCUT2D eigenvalue weighted by atomic mass is 16.8. The zero-order valence-corrected chi connectivity index (χ0v) is 40.3. The Labute approximate surface area is 368 Å². The van der Waals surface area contributed by atoms with Crippen molar-refractivity contribution in [2.24, 2.45) is 0 Å². The van der Waals surface area contributed by atoms with Gasteiger partial charge in [0.05, 0.1) is 13.2 Å². The third-order valence-electron chi connectivity index (χ3n) is 10.9. The van der Waals surface area contributed by atoms with Gasteiger partial charge in [0.2, 0.25) is 0 Å². The van der Waals surface area contributed by atoms with Crippen LogP contribution in [0.5, 0.6) is 0 Å². The van der Waals surface area contributed by atoms with Crippen LogP contribution in [0.15, 0.2) is 24.3 Å². The van der Waals surface area contributed by atoms with Gasteiger partial charge in [0.25, 0.3) is 0 Å². The van der Waals surface area contributed by atoms with E-state index in [4.69, 9.17) is 33.2 Å². The minimum absolute atomic E-state index is 0.0280. The van der Waals surface area contributed by atoms with Crippen molar-refractivity contribution in [1.29, 1.82) is 0 Å². The van der Waals surface area contributed by atoms with Gasteiger partial charge in [-0.25, -0.2) is 0 Å². The molecule has 0 rings (SSSR count). The molecule has 2 unspecified atom stereocenters. The molecule has 7 nitrogen and oxygen atoms in total. The first-order valence-electron chi connectivity index (χ1n) is 25.8. The molecule has 0 amide bonds. The Kier molecular flexibility index (Phi) is 49.2. The van der Waals surface area contributed by atoms with E-state index >= 15 is 0 Å². The van der Waals surface area contributed by atoms with E-state index in [1.165, 1.54) is 167 Å². The fourth-order valence-electron chi connectivity index (χ4n) is 7.43. The van der Waals surface area contributed by atoms with E-state index in [-0.39, 0.29) is 25.2 Å². The van der Waals surface area contributed by atoms with Crippen LogP contribution >= 0.6 is 0 Å². The first-order valence-corrected chi connectivity index (χ1v) is 25.8. The van der Waals surface area contributed by atoms with Crippen LogP contribution in [0.25, 0.3) is 0 Å². The van der Waals surface area contributed by atoms with Gasteiger partial charge in [-0.2, -0.15) is 0 Å². The minimum atomic E-state index is -0.381. The van der Waals surface area contributed by atoms with Gasteiger partial charge in [0, 0.05) is 26.4 Å². The zero-order valence-electron chi connectivity index (χ0n) is 40.3. The van der Waals surface area contributed by atoms with Crippen LogP contribution in [0.4, 0.5) is 0 Å². The Morgan fingerprint density at radius 1 is 0.305 bits per heavy atom. The Bertz CT molecular complexity index is 758. The zero-order chi connectivity index (χ0) is 43.0. The molecule has 0 N–H and O–H groups in total. The molecule has 0 aliphatic heterocycles. The lowest BCUT2D eigenvalue weighted by molar-refractivity contribution is -0.208. The number of ether oxygens (including phenoxy) is 7. The van der Waals surface area contributed by atoms with E-state index < -0.39 is 0 Å². The summed E-state index contributed by atoms with van der Waals surface area (Å²) in [5, 5.41) is 0. The Morgan fingerprint density at radius 2 is 0.593 bits per heavy atom. The molecule has 0 fully saturated rings. The average molecular weight is 839 g/mol. The van der Waals surface area contributed by atoms with Gasteiger partial charge in [0.1, 0.15) is 0 Å². The van der Waals surface area contributed by atoms with Gasteiger partial charge >= 0.3 is 0 Å². The molecule has 0 radical (unpaired) electrons. The maximum atomic E-state index is 6.58. The quantitative estimate of drug-likeness (QED) is 0.0343. The predicted molar refractivity (Wildman–Crippen MR) is 252 cm³/mol. The monoisotopic (exact) mass is 839 g/mol. The van der Waals surface area contributed by atoms with E-state index in [0.29, 0.717) is 0 Å². The molecular formula is C52H102O7. The lowest BCUT2D eigenvalue weighted by atomic mass is 10.1. The summed E-state index contributed by atoms with van der Waals surface area (Å²) >= 11 is 0. The van der Waals surface area contributed by atoms with Crippen molar-refractivity contribution in [2.45, 2.75) is 272 Å². The van der Waals surface area contributed by atoms with Gasteiger partial charge in [-0.1, -0.05) is 167 Å². The number of rotatable bonds is 50. The van der Waals surface area contributed by atoms with Crippen molar-refractivity contribution >= 4 is 0 Å². The molecule has 0 aromatic rings. The molecule has 0 saturated carbocycles. The summed E-state index contributed by atoms with van der Waals surface area (Å²) in [6.07, 6.45) is 47.7. The smallest absolute Gasteiger partial charge is 0.180 e. The first kappa shape index (κ1) is 58.2. The predicted octanol–water partition coefficient (Wildman–Crippen LogP) is 16.1. The third-order valence-corrected chi connectivity index (χ3v) is 10.9. The summed E-state index contributed by atoms with van der Waals surface area (Å²) in [6.45, 7) is 17.1. The lowest BCUT2D eigenvalue weighted by Crippen LogP contribution is -2.25. The molecule has 0 aromatic carbocycles. The largest absolute Gasteiger partial charge is 0.353 e. The number of hydrogen-bond acceptors (Lipinski definition) is 7. The van der Waals surface area contributed by atoms with E-state index in [0.717, 1.165) is 78.2 Å². The maximum Gasteiger partial charge on any atom is 0.180 e. The SMILES string of the molecule is CCCCCCCCCOC(C=CCCCCCCCCCC(OCC)OCC)OC(C=CCCCCCCCCCC(OCC)OCC)OCCCCCCCCC. The molecule has 0 saturated heterocycles. The molecule has 2 atom stereocenters. The van der Waals surface area contributed by atoms with Crippen molar-refractivity contribution in [3.63, 3.8) is 0 Å². The van der Waals surface area contributed by atoms with Crippen molar-refractivity contribution in [1.82, 2.24) is 0 Å². The minimum Gasteiger partial charge on any atom is -0.353 e. The highest BCUT2D eigenvalue weighted by molar-refractivity contribution is 4.90. The van der Waals surface area contributed by atoms with Crippen molar-refractivity contribution in [3.8, 4) is 0 Å². The van der Waals surface area contributed by atoms with Gasteiger partial charge in [-0.3, -0.25) is 0 Å². The van der Waals surface area contributed by atoms with Crippen LogP contribution in [0, 0.1) is 0 Å². The first-order chi connectivity index (χ1) is 29.1. The van der Waals surface area contributed by atoms with Crippen molar-refractivity contribution < 1.29 is 33.2 Å². The van der Waals surface area contributed by atoms with E-state index in [1.807, 2.05) is 27.7 Å². The van der Waals surface area contributed by atoms with E-state index in [2.05, 4.69) is 38.2 Å². The highest BCUT2D eigenvalue weighted by Gasteiger charge is 2.14. The van der Waals surface area contributed by atoms with Crippen LogP contribution < -0.4 is 0 Å². The summed E-state index contributed by atoms with van der Waals surface area (Å²) in [5.74, 6) is 0. The third kappa shape index (κ3) is 43.6. The number of allylic oxidation sites excluding steroid dienone is 2. The molecule has 0 aromatic heterocycles. The highest BCUT2D eigenvalue weighted by Crippen LogP contribution is 2.17. The second-order valence-corrected chi connectivity index (χ2v) is 16.5. The standard InChI is InChI=1S/C52H102O7/c1-7-13-15-17-29-35-41-47-57-51(45-39-33-27-23-19-21-25-31-37-43-49(53-9-3)54-10-4)59-52(58-48-42-36-30-18-16-14-8-2)46-40-34-28-24-20-22-26-32-38-44-50(55-11-5)56-12-6/h39-40,45-46,49-52H,7-38,41-44,47-48H2,1-6H3. The van der Waals surface area contributed by atoms with Crippen LogP contribution in [-0.4, -0.2) is 64.8 Å². The Balaban J connectivity index is 4.93. The molecule has 7 heteroatoms. The van der Waals surface area contributed by atoms with Crippen LogP contribution in [0.3, 0.4) is 0 Å². The molecule has 59 heavy (non-hydrogen) atoms. The molecular weight excluding hydrogens is 737 g/mol. The van der Waals surface area contributed by atoms with Gasteiger partial charge < -0.3 is 33.2 Å². The van der Waals surface area contributed by atoms with Crippen LogP contribution in [0.2, 0.25) is 0 Å². The van der Waals surface area contributed by atoms with Crippen LogP contribution in [-0.2, 0) is 33.2 Å². The molecule has 0 bridgehead atoms. The average Bonchev–Trinajstić information content (AvgIpc) is 3.23. The Hall–Kier alpha value is -0.800. The number of unbranched alkanes of at least 4 members (excludes halogenated alkanes) is 26. The van der Waals surface area contributed by atoms with Crippen molar-refractivity contribution in [2.75, 3.05) is 39.6 Å². The summed E-state index contributed by atoms with van der Waals surface area (Å²) in [4.78, 5) is 0. The maximum absolute atomic E-state index is 6.58. The second kappa shape index (κ2) is 49.9. The summed E-state index contributed by atoms with van der Waals surface area (Å²) in [6, 6.07) is 0. The van der Waals surface area contributed by atoms with Gasteiger partial charge in [-0.15, -0.1) is 0 Å². The summed E-state index contributed by atoms with van der Waals surface area (Å²) in [5.41, 5.74) is 0. The van der Waals surface area contributed by atoms with E-state index in [9.17, 15) is 0 Å². The molecule has 0 spiro atoms. The summed E-state index contributed by atoms with van der Waals surface area (Å²) < 4.78 is 42.1. The molecule has 0 aliphatic rings. The van der Waals surface area contributed by atoms with E-state index in [1.54, 1.807) is 0 Å². The molecule has 0 heterocycles. The fourth-order valence-corrected chi connectivity index (χ4v) is 7.43. The van der Waals surface area contributed by atoms with Gasteiger partial charge in [0.15, 0.2) is 25.2 Å². The fraction of sp³-hybridized carbons (Fsp3) is 0.923. The molecule has 352 valence electrons. The van der Waals surface area contributed by atoms with Gasteiger partial charge in [-0.05, 0) is 104 Å². The normalized spacial score (nSPS) is 13.3.